The first-order valence-corrected chi connectivity index (χ1v) is 9.57. The minimum Gasteiger partial charge on any atom is -0.494 e. The molecule has 0 unspecified atom stereocenters. The predicted molar refractivity (Wildman–Crippen MR) is 108 cm³/mol. The first-order chi connectivity index (χ1) is 13.2. The van der Waals surface area contributed by atoms with E-state index in [0.717, 1.165) is 48.4 Å². The van der Waals surface area contributed by atoms with E-state index in [0.29, 0.717) is 13.2 Å². The van der Waals surface area contributed by atoms with Gasteiger partial charge in [0.15, 0.2) is 0 Å². The van der Waals surface area contributed by atoms with Crippen molar-refractivity contribution in [1.82, 2.24) is 14.9 Å². The molecule has 1 aromatic heterocycles. The van der Waals surface area contributed by atoms with Crippen LogP contribution >= 0.6 is 0 Å². The first-order valence-electron chi connectivity index (χ1n) is 9.57. The highest BCUT2D eigenvalue weighted by molar-refractivity contribution is 5.76. The number of aromatic nitrogens is 2. The molecular formula is C22H27N3O2. The van der Waals surface area contributed by atoms with Crippen LogP contribution in [0.3, 0.4) is 0 Å². The van der Waals surface area contributed by atoms with E-state index in [1.54, 1.807) is 0 Å². The van der Waals surface area contributed by atoms with Crippen LogP contribution in [0, 0.1) is 0 Å². The summed E-state index contributed by atoms with van der Waals surface area (Å²) in [5.41, 5.74) is 3.39. The Morgan fingerprint density at radius 1 is 1.11 bits per heavy atom. The molecule has 0 bridgehead atoms. The van der Waals surface area contributed by atoms with E-state index >= 15 is 0 Å². The van der Waals surface area contributed by atoms with Gasteiger partial charge in [-0.15, -0.1) is 0 Å². The number of nitrogens with zero attached hydrogens (tertiary/aromatic N) is 2. The normalized spacial score (nSPS) is 10.9. The second-order valence-electron chi connectivity index (χ2n) is 6.63. The number of aryl methyl sites for hydroxylation is 2. The number of benzene rings is 2. The molecule has 5 nitrogen and oxygen atoms in total. The number of carbonyl (C=O) groups is 1. The first kappa shape index (κ1) is 19.0. The molecule has 0 aliphatic rings. The third kappa shape index (κ3) is 5.09. The Morgan fingerprint density at radius 2 is 1.89 bits per heavy atom. The molecule has 0 radical (unpaired) electrons. The molecule has 0 spiro atoms. The van der Waals surface area contributed by atoms with E-state index in [2.05, 4.69) is 40.0 Å². The van der Waals surface area contributed by atoms with Gasteiger partial charge in [-0.05, 0) is 49.1 Å². The topological polar surface area (TPSA) is 56.1 Å². The number of amides is 1. The van der Waals surface area contributed by atoms with E-state index in [1.165, 1.54) is 12.5 Å². The third-order valence-electron chi connectivity index (χ3n) is 4.61. The van der Waals surface area contributed by atoms with Crippen LogP contribution in [0.5, 0.6) is 5.75 Å². The lowest BCUT2D eigenvalue weighted by molar-refractivity contribution is -0.119. The molecule has 3 aromatic rings. The van der Waals surface area contributed by atoms with E-state index in [9.17, 15) is 4.79 Å². The highest BCUT2D eigenvalue weighted by atomic mass is 16.5. The number of hydrogen-bond acceptors (Lipinski definition) is 3. The lowest BCUT2D eigenvalue weighted by Gasteiger charge is -2.10. The van der Waals surface area contributed by atoms with Crippen molar-refractivity contribution in [3.63, 3.8) is 0 Å². The molecule has 2 aromatic carbocycles. The fourth-order valence-electron chi connectivity index (χ4n) is 3.10. The maximum Gasteiger partial charge on any atom is 0.217 e. The molecule has 0 fully saturated rings. The average Bonchev–Trinajstić information content (AvgIpc) is 3.04. The molecule has 0 atom stereocenters. The Balaban J connectivity index is 1.55. The predicted octanol–water partition coefficient (Wildman–Crippen LogP) is 4.09. The summed E-state index contributed by atoms with van der Waals surface area (Å²) in [6.45, 7) is 5.67. The molecule has 1 amide bonds. The van der Waals surface area contributed by atoms with Crippen LogP contribution < -0.4 is 10.1 Å². The Bertz CT molecular complexity index is 884. The van der Waals surface area contributed by atoms with Crippen molar-refractivity contribution < 1.29 is 9.53 Å². The van der Waals surface area contributed by atoms with Crippen molar-refractivity contribution in [2.24, 2.45) is 0 Å². The summed E-state index contributed by atoms with van der Waals surface area (Å²) in [6.07, 6.45) is 2.99. The van der Waals surface area contributed by atoms with Gasteiger partial charge in [-0.2, -0.15) is 0 Å². The van der Waals surface area contributed by atoms with Gasteiger partial charge < -0.3 is 14.6 Å². The van der Waals surface area contributed by atoms with Gasteiger partial charge in [0.05, 0.1) is 24.2 Å². The minimum absolute atomic E-state index is 0.0453. The molecular weight excluding hydrogens is 338 g/mol. The van der Waals surface area contributed by atoms with Gasteiger partial charge in [0.25, 0.3) is 0 Å². The second-order valence-corrected chi connectivity index (χ2v) is 6.63. The van der Waals surface area contributed by atoms with Gasteiger partial charge >= 0.3 is 0 Å². The standard InChI is InChI=1S/C22H27N3O2/c1-3-18-10-12-19(13-11-18)27-15-7-6-14-25-21-9-5-4-8-20(21)24-22(25)16-23-17(2)26/h4-5,8-13H,3,6-7,14-16H2,1-2H3,(H,23,26). The number of carbonyl (C=O) groups excluding carboxylic acids is 1. The van der Waals surface area contributed by atoms with Crippen molar-refractivity contribution >= 4 is 16.9 Å². The molecule has 3 rings (SSSR count). The summed E-state index contributed by atoms with van der Waals surface area (Å²) in [5.74, 6) is 1.77. The van der Waals surface area contributed by atoms with Crippen molar-refractivity contribution in [3.8, 4) is 5.75 Å². The lowest BCUT2D eigenvalue weighted by atomic mass is 10.2. The summed E-state index contributed by atoms with van der Waals surface area (Å²) in [6, 6.07) is 16.4. The molecule has 27 heavy (non-hydrogen) atoms. The number of nitrogens with one attached hydrogen (secondary N) is 1. The van der Waals surface area contributed by atoms with Crippen molar-refractivity contribution in [3.05, 3.63) is 59.9 Å². The zero-order chi connectivity index (χ0) is 19.1. The van der Waals surface area contributed by atoms with E-state index in [1.807, 2.05) is 30.3 Å². The van der Waals surface area contributed by atoms with Crippen LogP contribution in [-0.4, -0.2) is 22.1 Å². The van der Waals surface area contributed by atoms with Crippen LogP contribution in [-0.2, 0) is 24.3 Å². The molecule has 0 saturated heterocycles. The Hall–Kier alpha value is -2.82. The van der Waals surface area contributed by atoms with Crippen LogP contribution in [0.4, 0.5) is 0 Å². The monoisotopic (exact) mass is 365 g/mol. The fraction of sp³-hybridized carbons (Fsp3) is 0.364. The molecule has 0 aliphatic carbocycles. The molecule has 5 heteroatoms. The number of imidazole rings is 1. The lowest BCUT2D eigenvalue weighted by Crippen LogP contribution is -2.21. The van der Waals surface area contributed by atoms with E-state index in [4.69, 9.17) is 4.74 Å². The number of ether oxygens (including phenoxy) is 1. The zero-order valence-corrected chi connectivity index (χ0v) is 16.1. The fourth-order valence-corrected chi connectivity index (χ4v) is 3.10. The van der Waals surface area contributed by atoms with Crippen molar-refractivity contribution in [2.75, 3.05) is 6.61 Å². The van der Waals surface area contributed by atoms with Crippen LogP contribution in [0.2, 0.25) is 0 Å². The molecule has 142 valence electrons. The van der Waals surface area contributed by atoms with Crippen LogP contribution in [0.15, 0.2) is 48.5 Å². The van der Waals surface area contributed by atoms with Gasteiger partial charge in [0.2, 0.25) is 5.91 Å². The Labute approximate surface area is 160 Å². The number of hydrogen-bond donors (Lipinski definition) is 1. The smallest absolute Gasteiger partial charge is 0.217 e. The summed E-state index contributed by atoms with van der Waals surface area (Å²) in [7, 11) is 0. The van der Waals surface area contributed by atoms with Gasteiger partial charge in [-0.3, -0.25) is 4.79 Å². The minimum atomic E-state index is -0.0453. The van der Waals surface area contributed by atoms with E-state index in [-0.39, 0.29) is 5.91 Å². The number of para-hydroxylation sites is 2. The van der Waals surface area contributed by atoms with Crippen LogP contribution in [0.1, 0.15) is 38.1 Å². The summed E-state index contributed by atoms with van der Waals surface area (Å²) < 4.78 is 8.04. The van der Waals surface area contributed by atoms with Crippen molar-refractivity contribution in [1.29, 1.82) is 0 Å². The quantitative estimate of drug-likeness (QED) is 0.581. The van der Waals surface area contributed by atoms with Gasteiger partial charge in [-0.25, -0.2) is 4.98 Å². The number of unbranched alkanes of at least 4 members (excludes halogenated alkanes) is 1. The number of rotatable bonds is 9. The van der Waals surface area contributed by atoms with Gasteiger partial charge in [-0.1, -0.05) is 31.2 Å². The molecule has 1 heterocycles. The Morgan fingerprint density at radius 3 is 2.63 bits per heavy atom. The van der Waals surface area contributed by atoms with E-state index < -0.39 is 0 Å². The largest absolute Gasteiger partial charge is 0.494 e. The summed E-state index contributed by atoms with van der Waals surface area (Å²) in [4.78, 5) is 15.9. The molecule has 0 aliphatic heterocycles. The van der Waals surface area contributed by atoms with Gasteiger partial charge in [0.1, 0.15) is 11.6 Å². The third-order valence-corrected chi connectivity index (χ3v) is 4.61. The summed E-state index contributed by atoms with van der Waals surface area (Å²) >= 11 is 0. The SMILES string of the molecule is CCc1ccc(OCCCCn2c(CNC(C)=O)nc3ccccc32)cc1. The second kappa shape index (κ2) is 9.21. The van der Waals surface area contributed by atoms with Gasteiger partial charge in [0, 0.05) is 13.5 Å². The zero-order valence-electron chi connectivity index (χ0n) is 16.1. The molecule has 0 saturated carbocycles. The maximum atomic E-state index is 11.3. The maximum absolute atomic E-state index is 11.3. The summed E-state index contributed by atoms with van der Waals surface area (Å²) in [5, 5.41) is 2.85. The van der Waals surface area contributed by atoms with Crippen molar-refractivity contribution in [2.45, 2.75) is 46.2 Å². The highest BCUT2D eigenvalue weighted by Crippen LogP contribution is 2.17. The Kier molecular flexibility index (Phi) is 6.47. The highest BCUT2D eigenvalue weighted by Gasteiger charge is 2.10. The molecule has 1 N–H and O–H groups in total. The average molecular weight is 365 g/mol. The number of fused-ring (bicyclic) bond motifs is 1. The van der Waals surface area contributed by atoms with Crippen LogP contribution in [0.25, 0.3) is 11.0 Å².